The summed E-state index contributed by atoms with van der Waals surface area (Å²) in [6.07, 6.45) is 1.54. The fraction of sp³-hybridized carbons (Fsp3) is 0.400. The molecule has 0 aliphatic carbocycles. The summed E-state index contributed by atoms with van der Waals surface area (Å²) in [6.45, 7) is 11.0. The number of hydrogen-bond acceptors (Lipinski definition) is 3. The van der Waals surface area contributed by atoms with Crippen LogP contribution in [0.2, 0.25) is 0 Å². The Morgan fingerprint density at radius 1 is 1.50 bits per heavy atom. The van der Waals surface area contributed by atoms with Crippen molar-refractivity contribution in [3.05, 3.63) is 42.2 Å². The third kappa shape index (κ3) is 4.65. The van der Waals surface area contributed by atoms with Crippen molar-refractivity contribution >= 4 is 17.1 Å². The van der Waals surface area contributed by atoms with E-state index in [1.807, 2.05) is 20.8 Å². The smallest absolute Gasteiger partial charge is 0.165 e. The molecule has 0 aromatic heterocycles. The second kappa shape index (κ2) is 6.90. The Morgan fingerprint density at radius 3 is 2.70 bits per heavy atom. The standard InChI is InChI=1S/C15H20FNO2S/c1-6-9-19-14-10-12(7-8-13(14)16)11(2)17-20(18)15(3,4)5/h6-8,10H,1,9H2,2-5H3/t20-/m0/s1. The lowest BCUT2D eigenvalue weighted by Crippen LogP contribution is -2.26. The van der Waals surface area contributed by atoms with Crippen LogP contribution in [0.25, 0.3) is 0 Å². The monoisotopic (exact) mass is 297 g/mol. The van der Waals surface area contributed by atoms with Crippen molar-refractivity contribution in [1.82, 2.24) is 0 Å². The number of halogens is 1. The molecule has 0 N–H and O–H groups in total. The first-order chi connectivity index (χ1) is 9.25. The number of hydrogen-bond donors (Lipinski definition) is 0. The van der Waals surface area contributed by atoms with Crippen LogP contribution in [-0.2, 0) is 11.4 Å². The predicted octanol–water partition coefficient (Wildman–Crippen LogP) is 3.66. The molecule has 1 aromatic carbocycles. The van der Waals surface area contributed by atoms with Gasteiger partial charge in [0.15, 0.2) is 11.6 Å². The van der Waals surface area contributed by atoms with E-state index in [2.05, 4.69) is 11.0 Å². The largest absolute Gasteiger partial charge is 0.591 e. The summed E-state index contributed by atoms with van der Waals surface area (Å²) in [5.74, 6) is -0.307. The minimum Gasteiger partial charge on any atom is -0.591 e. The highest BCUT2D eigenvalue weighted by atomic mass is 32.2. The molecule has 0 aliphatic heterocycles. The minimum absolute atomic E-state index is 0.137. The average molecular weight is 297 g/mol. The first-order valence-corrected chi connectivity index (χ1v) is 7.37. The Bertz CT molecular complexity index is 509. The van der Waals surface area contributed by atoms with E-state index in [1.165, 1.54) is 6.07 Å². The van der Waals surface area contributed by atoms with Crippen LogP contribution >= 0.6 is 0 Å². The lowest BCUT2D eigenvalue weighted by atomic mass is 10.1. The van der Waals surface area contributed by atoms with Gasteiger partial charge in [-0.1, -0.05) is 17.1 Å². The van der Waals surface area contributed by atoms with Crippen molar-refractivity contribution in [2.45, 2.75) is 32.4 Å². The van der Waals surface area contributed by atoms with Gasteiger partial charge in [-0.15, -0.1) is 0 Å². The normalized spacial score (nSPS) is 14.0. The molecular formula is C15H20FNO2S. The van der Waals surface area contributed by atoms with Crippen LogP contribution in [-0.4, -0.2) is 21.6 Å². The number of benzene rings is 1. The van der Waals surface area contributed by atoms with Crippen molar-refractivity contribution < 1.29 is 13.7 Å². The second-order valence-corrected chi connectivity index (χ2v) is 7.19. The van der Waals surface area contributed by atoms with Crippen LogP contribution in [0.5, 0.6) is 5.75 Å². The van der Waals surface area contributed by atoms with Gasteiger partial charge in [0.1, 0.15) is 22.7 Å². The van der Waals surface area contributed by atoms with Gasteiger partial charge in [-0.05, 0) is 45.9 Å². The molecule has 0 aliphatic rings. The first-order valence-electron chi connectivity index (χ1n) is 6.26. The highest BCUT2D eigenvalue weighted by Crippen LogP contribution is 2.22. The molecule has 20 heavy (non-hydrogen) atoms. The fourth-order valence-corrected chi connectivity index (χ4v) is 1.93. The Hall–Kier alpha value is -1.33. The first kappa shape index (κ1) is 16.7. The van der Waals surface area contributed by atoms with E-state index in [4.69, 9.17) is 4.74 Å². The van der Waals surface area contributed by atoms with Gasteiger partial charge in [-0.2, -0.15) is 0 Å². The summed E-state index contributed by atoms with van der Waals surface area (Å²) in [5.41, 5.74) is 1.27. The van der Waals surface area contributed by atoms with Gasteiger partial charge in [0.2, 0.25) is 0 Å². The molecule has 0 amide bonds. The van der Waals surface area contributed by atoms with Gasteiger partial charge in [-0.3, -0.25) is 0 Å². The minimum atomic E-state index is -1.35. The molecule has 0 unspecified atom stereocenters. The third-order valence-corrected chi connectivity index (χ3v) is 3.94. The molecule has 0 spiro atoms. The Balaban J connectivity index is 3.01. The summed E-state index contributed by atoms with van der Waals surface area (Å²) < 4.78 is 34.5. The lowest BCUT2D eigenvalue weighted by Gasteiger charge is -2.18. The molecule has 3 nitrogen and oxygen atoms in total. The molecule has 0 saturated carbocycles. The van der Waals surface area contributed by atoms with Crippen LogP contribution in [0.15, 0.2) is 35.3 Å². The Labute approximate surface area is 122 Å². The van der Waals surface area contributed by atoms with Crippen LogP contribution < -0.4 is 4.74 Å². The second-order valence-electron chi connectivity index (χ2n) is 5.28. The van der Waals surface area contributed by atoms with Crippen LogP contribution in [0.3, 0.4) is 0 Å². The molecule has 1 atom stereocenters. The maximum Gasteiger partial charge on any atom is 0.165 e. The van der Waals surface area contributed by atoms with Gasteiger partial charge in [-0.25, -0.2) is 4.39 Å². The Kier molecular flexibility index (Phi) is 5.77. The Morgan fingerprint density at radius 2 is 2.15 bits per heavy atom. The molecule has 0 bridgehead atoms. The van der Waals surface area contributed by atoms with Gasteiger partial charge >= 0.3 is 0 Å². The van der Waals surface area contributed by atoms with E-state index in [9.17, 15) is 8.94 Å². The fourth-order valence-electron chi connectivity index (χ4n) is 1.30. The molecule has 0 heterocycles. The average Bonchev–Trinajstić information content (AvgIpc) is 2.36. The molecule has 5 heteroatoms. The van der Waals surface area contributed by atoms with E-state index >= 15 is 0 Å². The van der Waals surface area contributed by atoms with Gasteiger partial charge in [0.05, 0.1) is 5.71 Å². The molecule has 0 saturated heterocycles. The third-order valence-electron chi connectivity index (χ3n) is 2.45. The topological polar surface area (TPSA) is 44.6 Å². The summed E-state index contributed by atoms with van der Waals surface area (Å²) in [5, 5.41) is 0. The van der Waals surface area contributed by atoms with Gasteiger partial charge in [0.25, 0.3) is 0 Å². The highest BCUT2D eigenvalue weighted by molar-refractivity contribution is 7.91. The SMILES string of the molecule is C=CCOc1cc(C(C)=N[S@@+]([O-])C(C)(C)C)ccc1F. The maximum atomic E-state index is 13.5. The molecule has 0 radical (unpaired) electrons. The lowest BCUT2D eigenvalue weighted by molar-refractivity contribution is 0.342. The quantitative estimate of drug-likeness (QED) is 0.473. The molecule has 1 aromatic rings. The zero-order chi connectivity index (χ0) is 15.3. The van der Waals surface area contributed by atoms with Crippen molar-refractivity contribution in [1.29, 1.82) is 0 Å². The van der Waals surface area contributed by atoms with E-state index in [0.29, 0.717) is 11.3 Å². The van der Waals surface area contributed by atoms with Crippen LogP contribution in [0, 0.1) is 5.82 Å². The zero-order valence-corrected chi connectivity index (χ0v) is 13.1. The molecule has 0 fully saturated rings. The van der Waals surface area contributed by atoms with Crippen molar-refractivity contribution in [3.63, 3.8) is 0 Å². The summed E-state index contributed by atoms with van der Waals surface area (Å²) in [7, 11) is 0. The number of nitrogens with zero attached hydrogens (tertiary/aromatic N) is 1. The van der Waals surface area contributed by atoms with E-state index in [1.54, 1.807) is 25.1 Å². The van der Waals surface area contributed by atoms with Gasteiger partial charge in [0, 0.05) is 5.56 Å². The van der Waals surface area contributed by atoms with E-state index in [0.717, 1.165) is 0 Å². The van der Waals surface area contributed by atoms with Crippen LogP contribution in [0.4, 0.5) is 4.39 Å². The number of rotatable bonds is 5. The summed E-state index contributed by atoms with van der Waals surface area (Å²) in [4.78, 5) is 0. The summed E-state index contributed by atoms with van der Waals surface area (Å²) >= 11 is -1.35. The molecular weight excluding hydrogens is 277 g/mol. The van der Waals surface area contributed by atoms with E-state index in [-0.39, 0.29) is 12.4 Å². The summed E-state index contributed by atoms with van der Waals surface area (Å²) in [6, 6.07) is 4.46. The highest BCUT2D eigenvalue weighted by Gasteiger charge is 2.26. The number of ether oxygens (including phenoxy) is 1. The maximum absolute atomic E-state index is 13.5. The van der Waals surface area contributed by atoms with Crippen molar-refractivity contribution in [3.8, 4) is 5.75 Å². The van der Waals surface area contributed by atoms with Crippen molar-refractivity contribution in [2.24, 2.45) is 4.40 Å². The zero-order valence-electron chi connectivity index (χ0n) is 12.3. The predicted molar refractivity (Wildman–Crippen MR) is 82.2 cm³/mol. The van der Waals surface area contributed by atoms with Crippen molar-refractivity contribution in [2.75, 3.05) is 6.61 Å². The molecule has 110 valence electrons. The van der Waals surface area contributed by atoms with Crippen LogP contribution in [0.1, 0.15) is 33.3 Å². The molecule has 1 rings (SSSR count). The van der Waals surface area contributed by atoms with Gasteiger partial charge < -0.3 is 9.29 Å². The van der Waals surface area contributed by atoms with E-state index < -0.39 is 21.9 Å².